The molecule has 0 aliphatic carbocycles. The average Bonchev–Trinajstić information content (AvgIpc) is 3.69. The Kier molecular flexibility index (Phi) is 60.8. The molecule has 89 heavy (non-hydrogen) atoms. The van der Waals surface area contributed by atoms with Crippen LogP contribution in [0, 0.1) is 11.8 Å². The van der Waals surface area contributed by atoms with E-state index in [2.05, 4.69) is 41.5 Å². The summed E-state index contributed by atoms with van der Waals surface area (Å²) in [4.78, 5) is 72.2. The maximum atomic E-state index is 13.0. The van der Waals surface area contributed by atoms with Crippen LogP contribution in [0.25, 0.3) is 0 Å². The number of carbonyl (C=O) groups is 4. The van der Waals surface area contributed by atoms with Gasteiger partial charge in [0.05, 0.1) is 26.4 Å². The molecular weight excluding hydrogens is 1170 g/mol. The molecule has 0 rings (SSSR count). The second kappa shape index (κ2) is 62.2. The highest BCUT2D eigenvalue weighted by Gasteiger charge is 2.30. The van der Waals surface area contributed by atoms with Crippen LogP contribution in [0.4, 0.5) is 0 Å². The summed E-state index contributed by atoms with van der Waals surface area (Å²) in [6.45, 7) is 9.42. The van der Waals surface area contributed by atoms with Crippen LogP contribution in [0.2, 0.25) is 0 Å². The van der Waals surface area contributed by atoms with Crippen molar-refractivity contribution < 1.29 is 80.2 Å². The summed E-state index contributed by atoms with van der Waals surface area (Å²) in [5, 5.41) is 10.5. The number of aliphatic hydroxyl groups is 1. The first-order valence-corrected chi connectivity index (χ1v) is 39.5. The van der Waals surface area contributed by atoms with Gasteiger partial charge in [-0.05, 0) is 37.5 Å². The van der Waals surface area contributed by atoms with E-state index in [0.29, 0.717) is 31.6 Å². The summed E-state index contributed by atoms with van der Waals surface area (Å²) < 4.78 is 68.0. The van der Waals surface area contributed by atoms with Gasteiger partial charge in [-0.25, -0.2) is 9.13 Å². The summed E-state index contributed by atoms with van der Waals surface area (Å²) in [6.07, 6.45) is 47.8. The van der Waals surface area contributed by atoms with Gasteiger partial charge in [0.2, 0.25) is 0 Å². The molecule has 0 radical (unpaired) electrons. The van der Waals surface area contributed by atoms with Gasteiger partial charge in [0.25, 0.3) is 0 Å². The maximum Gasteiger partial charge on any atom is 0.472 e. The highest BCUT2D eigenvalue weighted by atomic mass is 31.2. The van der Waals surface area contributed by atoms with Crippen LogP contribution < -0.4 is 0 Å². The van der Waals surface area contributed by atoms with Crippen molar-refractivity contribution in [1.82, 2.24) is 0 Å². The summed E-state index contributed by atoms with van der Waals surface area (Å²) in [5.41, 5.74) is 0. The van der Waals surface area contributed by atoms with Crippen molar-refractivity contribution in [3.8, 4) is 0 Å². The zero-order valence-electron chi connectivity index (χ0n) is 57.7. The van der Waals surface area contributed by atoms with Gasteiger partial charge < -0.3 is 33.8 Å². The number of unbranched alkanes of at least 4 members (excludes halogenated alkanes) is 38. The zero-order chi connectivity index (χ0) is 65.7. The Morgan fingerprint density at radius 1 is 0.326 bits per heavy atom. The van der Waals surface area contributed by atoms with E-state index >= 15 is 0 Å². The average molecular weight is 1310 g/mol. The molecule has 0 aromatic heterocycles. The molecule has 19 heteroatoms. The van der Waals surface area contributed by atoms with E-state index in [0.717, 1.165) is 102 Å². The Balaban J connectivity index is 5.14. The van der Waals surface area contributed by atoms with Crippen molar-refractivity contribution in [1.29, 1.82) is 0 Å². The van der Waals surface area contributed by atoms with E-state index in [9.17, 15) is 43.2 Å². The van der Waals surface area contributed by atoms with Crippen LogP contribution in [-0.2, 0) is 65.4 Å². The standard InChI is InChI=1S/C70H136O17P2/c1-7-10-12-14-15-16-17-18-19-20-21-25-28-31-34-41-47-53-68(73)81-59-66(86-69(74)54-48-42-35-32-29-26-23-22-24-27-30-33-40-45-51-63(6)9-3)61-85-89(78,79)83-57-64(71)56-82-88(76,77)84-60-65(58-80-67(72)52-46-38-13-11-8-2)87-70(75)55-49-43-37-36-39-44-50-62(4)5/h62-66,71H,7-61H2,1-6H3,(H,76,77)(H,78,79)/t63?,64-,65+,66+/m0/s1. The van der Waals surface area contributed by atoms with Crippen LogP contribution in [0.1, 0.15) is 356 Å². The van der Waals surface area contributed by atoms with Crippen molar-refractivity contribution in [2.45, 2.75) is 374 Å². The van der Waals surface area contributed by atoms with Crippen molar-refractivity contribution >= 4 is 39.5 Å². The number of rotatable bonds is 69. The quantitative estimate of drug-likeness (QED) is 0.0222. The lowest BCUT2D eigenvalue weighted by atomic mass is 9.99. The van der Waals surface area contributed by atoms with Gasteiger partial charge in [0, 0.05) is 25.7 Å². The van der Waals surface area contributed by atoms with E-state index < -0.39 is 97.5 Å². The van der Waals surface area contributed by atoms with Gasteiger partial charge in [-0.3, -0.25) is 37.3 Å². The molecule has 0 heterocycles. The molecule has 0 saturated carbocycles. The fourth-order valence-corrected chi connectivity index (χ4v) is 12.1. The number of phosphoric acid groups is 2. The minimum atomic E-state index is -4.95. The summed E-state index contributed by atoms with van der Waals surface area (Å²) in [5.74, 6) is -0.624. The van der Waals surface area contributed by atoms with Gasteiger partial charge in [-0.2, -0.15) is 0 Å². The number of aliphatic hydroxyl groups excluding tert-OH is 1. The third-order valence-electron chi connectivity index (χ3n) is 16.6. The van der Waals surface area contributed by atoms with Gasteiger partial charge in [-0.1, -0.05) is 305 Å². The van der Waals surface area contributed by atoms with Gasteiger partial charge in [-0.15, -0.1) is 0 Å². The third kappa shape index (κ3) is 63.2. The second-order valence-corrected chi connectivity index (χ2v) is 28.9. The fraction of sp³-hybridized carbons (Fsp3) is 0.943. The predicted octanol–water partition coefficient (Wildman–Crippen LogP) is 20.0. The number of phosphoric ester groups is 2. The molecule has 0 aliphatic rings. The molecular formula is C70H136O17P2. The van der Waals surface area contributed by atoms with Crippen LogP contribution in [0.5, 0.6) is 0 Å². The van der Waals surface area contributed by atoms with Crippen LogP contribution in [0.15, 0.2) is 0 Å². The minimum absolute atomic E-state index is 0.101. The lowest BCUT2D eigenvalue weighted by Crippen LogP contribution is -2.30. The van der Waals surface area contributed by atoms with Crippen molar-refractivity contribution in [2.75, 3.05) is 39.6 Å². The molecule has 0 aromatic carbocycles. The number of hydrogen-bond acceptors (Lipinski definition) is 15. The normalized spacial score (nSPS) is 14.4. The lowest BCUT2D eigenvalue weighted by molar-refractivity contribution is -0.161. The molecule has 0 bridgehead atoms. The zero-order valence-corrected chi connectivity index (χ0v) is 59.5. The number of carbonyl (C=O) groups excluding carboxylic acids is 4. The van der Waals surface area contributed by atoms with Gasteiger partial charge in [0.1, 0.15) is 19.3 Å². The van der Waals surface area contributed by atoms with Crippen LogP contribution >= 0.6 is 15.6 Å². The monoisotopic (exact) mass is 1310 g/mol. The van der Waals surface area contributed by atoms with E-state index in [1.54, 1.807) is 0 Å². The Morgan fingerprint density at radius 2 is 0.573 bits per heavy atom. The number of hydrogen-bond donors (Lipinski definition) is 3. The summed E-state index contributed by atoms with van der Waals surface area (Å²) in [6, 6.07) is 0. The number of ether oxygens (including phenoxy) is 4. The molecule has 0 saturated heterocycles. The van der Waals surface area contributed by atoms with E-state index in [4.69, 9.17) is 37.0 Å². The number of esters is 4. The first-order chi connectivity index (χ1) is 42.9. The molecule has 0 amide bonds. The summed E-state index contributed by atoms with van der Waals surface area (Å²) >= 11 is 0. The largest absolute Gasteiger partial charge is 0.472 e. The van der Waals surface area contributed by atoms with Crippen molar-refractivity contribution in [2.24, 2.45) is 11.8 Å². The minimum Gasteiger partial charge on any atom is -0.462 e. The molecule has 0 spiro atoms. The van der Waals surface area contributed by atoms with Gasteiger partial charge in [0.15, 0.2) is 12.2 Å². The van der Waals surface area contributed by atoms with E-state index in [-0.39, 0.29) is 25.7 Å². The molecule has 17 nitrogen and oxygen atoms in total. The molecule has 0 aromatic rings. The van der Waals surface area contributed by atoms with Crippen LogP contribution in [0.3, 0.4) is 0 Å². The first-order valence-electron chi connectivity index (χ1n) is 36.5. The molecule has 3 N–H and O–H groups in total. The Labute approximate surface area is 543 Å². The maximum absolute atomic E-state index is 13.0. The Hall–Kier alpha value is -1.94. The first kappa shape index (κ1) is 87.1. The van der Waals surface area contributed by atoms with Crippen LogP contribution in [-0.4, -0.2) is 96.7 Å². The fourth-order valence-electron chi connectivity index (χ4n) is 10.6. The van der Waals surface area contributed by atoms with E-state index in [1.165, 1.54) is 167 Å². The predicted molar refractivity (Wildman–Crippen MR) is 358 cm³/mol. The molecule has 3 unspecified atom stereocenters. The molecule has 528 valence electrons. The van der Waals surface area contributed by atoms with Gasteiger partial charge >= 0.3 is 39.5 Å². The lowest BCUT2D eigenvalue weighted by Gasteiger charge is -2.21. The molecule has 6 atom stereocenters. The molecule has 0 fully saturated rings. The topological polar surface area (TPSA) is 237 Å². The van der Waals surface area contributed by atoms with Crippen molar-refractivity contribution in [3.63, 3.8) is 0 Å². The Morgan fingerprint density at radius 3 is 0.854 bits per heavy atom. The highest BCUT2D eigenvalue weighted by Crippen LogP contribution is 2.45. The molecule has 0 aliphatic heterocycles. The smallest absolute Gasteiger partial charge is 0.462 e. The van der Waals surface area contributed by atoms with E-state index in [1.807, 2.05) is 0 Å². The second-order valence-electron chi connectivity index (χ2n) is 26.0. The van der Waals surface area contributed by atoms with Crippen molar-refractivity contribution in [3.05, 3.63) is 0 Å². The SMILES string of the molecule is CCCCCCCCCCCCCCCCCCCC(=O)OC[C@H](COP(=O)(O)OC[C@@H](O)COP(=O)(O)OC[C@@H](COC(=O)CCCCCCC)OC(=O)CCCCCCCCC(C)C)OC(=O)CCCCCCCCCCCCCCCCC(C)CC. The third-order valence-corrected chi connectivity index (χ3v) is 18.5. The Bertz CT molecular complexity index is 1740. The highest BCUT2D eigenvalue weighted by molar-refractivity contribution is 7.47. The summed E-state index contributed by atoms with van der Waals surface area (Å²) in [7, 11) is -9.89.